The van der Waals surface area contributed by atoms with E-state index in [-0.39, 0.29) is 22.9 Å². The fourth-order valence-corrected chi connectivity index (χ4v) is 3.66. The van der Waals surface area contributed by atoms with Crippen molar-refractivity contribution >= 4 is 11.6 Å². The van der Waals surface area contributed by atoms with Gasteiger partial charge in [0, 0.05) is 0 Å². The Kier molecular flexibility index (Phi) is 1.88. The summed E-state index contributed by atoms with van der Waals surface area (Å²) in [4.78, 5) is 24.2. The number of carbonyl (C=O) groups excluding carboxylic acids is 2. The lowest BCUT2D eigenvalue weighted by atomic mass is 9.67. The number of carbonyl (C=O) groups is 2. The fourth-order valence-electron chi connectivity index (χ4n) is 3.66. The summed E-state index contributed by atoms with van der Waals surface area (Å²) >= 11 is 0. The maximum absolute atomic E-state index is 12.4. The van der Waals surface area contributed by atoms with Gasteiger partial charge in [-0.1, -0.05) is 18.4 Å². The van der Waals surface area contributed by atoms with E-state index in [4.69, 9.17) is 0 Å². The molecule has 3 rings (SSSR count). The molecule has 1 spiro atoms. The largest absolute Gasteiger partial charge is 0.298 e. The predicted molar refractivity (Wildman–Crippen MR) is 56.3 cm³/mol. The van der Waals surface area contributed by atoms with Crippen LogP contribution in [0.4, 0.5) is 0 Å². The van der Waals surface area contributed by atoms with Crippen molar-refractivity contribution in [2.24, 2.45) is 11.3 Å². The molecule has 2 fully saturated rings. The second kappa shape index (κ2) is 3.03. The normalized spacial score (nSPS) is 39.7. The molecule has 0 N–H and O–H groups in total. The minimum absolute atomic E-state index is 0.0921. The molecule has 0 amide bonds. The number of fused-ring (bicyclic) bond motifs is 1. The van der Waals surface area contributed by atoms with Crippen LogP contribution in [-0.4, -0.2) is 11.6 Å². The summed E-state index contributed by atoms with van der Waals surface area (Å²) in [6.07, 6.45) is 8.84. The highest BCUT2D eigenvalue weighted by molar-refractivity contribution is 6.14. The SMILES string of the molecule is O=C1C=C2CCC[C@@]23CCCC[C@@H]1C3=O. The summed E-state index contributed by atoms with van der Waals surface area (Å²) in [5, 5.41) is 0. The van der Waals surface area contributed by atoms with Crippen molar-refractivity contribution in [2.75, 3.05) is 0 Å². The lowest BCUT2D eigenvalue weighted by Crippen LogP contribution is -2.40. The zero-order valence-electron chi connectivity index (χ0n) is 8.92. The summed E-state index contributed by atoms with van der Waals surface area (Å²) in [6.45, 7) is 0. The molecule has 0 radical (unpaired) electrons. The van der Waals surface area contributed by atoms with Gasteiger partial charge in [0.2, 0.25) is 0 Å². The first-order chi connectivity index (χ1) is 7.24. The fraction of sp³-hybridized carbons (Fsp3) is 0.692. The van der Waals surface area contributed by atoms with Crippen molar-refractivity contribution in [2.45, 2.75) is 44.9 Å². The van der Waals surface area contributed by atoms with Gasteiger partial charge in [0.1, 0.15) is 0 Å². The van der Waals surface area contributed by atoms with E-state index in [0.717, 1.165) is 50.5 Å². The van der Waals surface area contributed by atoms with Gasteiger partial charge in [0.15, 0.2) is 11.6 Å². The van der Waals surface area contributed by atoms with Crippen LogP contribution in [0.1, 0.15) is 44.9 Å². The molecule has 0 saturated heterocycles. The molecule has 80 valence electrons. The molecular formula is C13H16O2. The zero-order chi connectivity index (χ0) is 10.5. The Morgan fingerprint density at radius 3 is 2.80 bits per heavy atom. The van der Waals surface area contributed by atoms with Crippen LogP contribution in [0.3, 0.4) is 0 Å². The van der Waals surface area contributed by atoms with Gasteiger partial charge in [0.25, 0.3) is 0 Å². The summed E-state index contributed by atoms with van der Waals surface area (Å²) in [5.74, 6) is 0.0729. The Hall–Kier alpha value is -0.920. The van der Waals surface area contributed by atoms with Crippen LogP contribution in [0.2, 0.25) is 0 Å². The second-order valence-electron chi connectivity index (χ2n) is 5.17. The molecule has 3 aliphatic rings. The molecule has 3 aliphatic carbocycles. The minimum atomic E-state index is -0.283. The van der Waals surface area contributed by atoms with Crippen molar-refractivity contribution in [3.8, 4) is 0 Å². The van der Waals surface area contributed by atoms with E-state index in [0.29, 0.717) is 0 Å². The van der Waals surface area contributed by atoms with E-state index in [1.165, 1.54) is 0 Å². The first kappa shape index (κ1) is 9.32. The Morgan fingerprint density at radius 1 is 1.13 bits per heavy atom. The van der Waals surface area contributed by atoms with E-state index in [1.54, 1.807) is 0 Å². The third-order valence-corrected chi connectivity index (χ3v) is 4.46. The molecule has 2 saturated carbocycles. The van der Waals surface area contributed by atoms with Crippen LogP contribution >= 0.6 is 0 Å². The maximum atomic E-state index is 12.4. The maximum Gasteiger partial charge on any atom is 0.166 e. The van der Waals surface area contributed by atoms with Gasteiger partial charge in [-0.3, -0.25) is 9.59 Å². The lowest BCUT2D eigenvalue weighted by Gasteiger charge is -2.33. The highest BCUT2D eigenvalue weighted by Gasteiger charge is 2.52. The Morgan fingerprint density at radius 2 is 1.93 bits per heavy atom. The molecule has 0 aliphatic heterocycles. The molecule has 0 heterocycles. The number of Topliss-reactive ketones (excluding diaryl/α,β-unsaturated/α-hetero) is 1. The first-order valence-electron chi connectivity index (χ1n) is 6.03. The van der Waals surface area contributed by atoms with Crippen LogP contribution in [0.15, 0.2) is 11.6 Å². The molecule has 0 aromatic rings. The molecular weight excluding hydrogens is 188 g/mol. The first-order valence-corrected chi connectivity index (χ1v) is 6.03. The summed E-state index contributed by atoms with van der Waals surface area (Å²) < 4.78 is 0. The number of rotatable bonds is 0. The topological polar surface area (TPSA) is 34.1 Å². The van der Waals surface area contributed by atoms with E-state index < -0.39 is 0 Å². The smallest absolute Gasteiger partial charge is 0.166 e. The summed E-state index contributed by atoms with van der Waals surface area (Å²) in [6, 6.07) is 0. The van der Waals surface area contributed by atoms with Gasteiger partial charge >= 0.3 is 0 Å². The van der Waals surface area contributed by atoms with Crippen LogP contribution in [0.5, 0.6) is 0 Å². The van der Waals surface area contributed by atoms with Gasteiger partial charge in [-0.25, -0.2) is 0 Å². The standard InChI is InChI=1S/C13H16O2/c14-11-8-9-4-3-7-13(9)6-2-1-5-10(11)12(13)15/h8,10H,1-7H2/t10-,13-/m0/s1. The third kappa shape index (κ3) is 1.11. The van der Waals surface area contributed by atoms with E-state index in [9.17, 15) is 9.59 Å². The van der Waals surface area contributed by atoms with E-state index in [1.807, 2.05) is 6.08 Å². The zero-order valence-corrected chi connectivity index (χ0v) is 8.92. The van der Waals surface area contributed by atoms with E-state index >= 15 is 0 Å². The minimum Gasteiger partial charge on any atom is -0.298 e. The molecule has 2 heteroatoms. The quantitative estimate of drug-likeness (QED) is 0.568. The molecule has 0 unspecified atom stereocenters. The molecule has 15 heavy (non-hydrogen) atoms. The van der Waals surface area contributed by atoms with Crippen LogP contribution < -0.4 is 0 Å². The average Bonchev–Trinajstić information content (AvgIpc) is 2.54. The number of allylic oxidation sites excluding steroid dienone is 2. The van der Waals surface area contributed by atoms with Crippen molar-refractivity contribution in [3.05, 3.63) is 11.6 Å². The van der Waals surface area contributed by atoms with Crippen molar-refractivity contribution in [1.29, 1.82) is 0 Å². The predicted octanol–water partition coefficient (Wildman–Crippen LogP) is 2.43. The van der Waals surface area contributed by atoms with Gasteiger partial charge < -0.3 is 0 Å². The molecule has 0 aromatic carbocycles. The van der Waals surface area contributed by atoms with Crippen molar-refractivity contribution in [1.82, 2.24) is 0 Å². The number of hydrogen-bond donors (Lipinski definition) is 0. The number of ketones is 2. The van der Waals surface area contributed by atoms with Gasteiger partial charge in [0.05, 0.1) is 11.3 Å². The number of hydrogen-bond acceptors (Lipinski definition) is 2. The monoisotopic (exact) mass is 204 g/mol. The molecule has 0 aromatic heterocycles. The van der Waals surface area contributed by atoms with Gasteiger partial charge in [-0.2, -0.15) is 0 Å². The third-order valence-electron chi connectivity index (χ3n) is 4.46. The molecule has 2 nitrogen and oxygen atoms in total. The van der Waals surface area contributed by atoms with Gasteiger partial charge in [-0.15, -0.1) is 0 Å². The van der Waals surface area contributed by atoms with Crippen LogP contribution in [0, 0.1) is 11.3 Å². The Balaban J connectivity index is 2.14. The summed E-state index contributed by atoms with van der Waals surface area (Å²) in [5.41, 5.74) is 0.977. The Labute approximate surface area is 89.7 Å². The Bertz CT molecular complexity index is 367. The highest BCUT2D eigenvalue weighted by atomic mass is 16.2. The molecule has 2 bridgehead atoms. The lowest BCUT2D eigenvalue weighted by molar-refractivity contribution is -0.137. The second-order valence-corrected chi connectivity index (χ2v) is 5.17. The van der Waals surface area contributed by atoms with Crippen molar-refractivity contribution in [3.63, 3.8) is 0 Å². The molecule has 2 atom stereocenters. The summed E-state index contributed by atoms with van der Waals surface area (Å²) in [7, 11) is 0. The van der Waals surface area contributed by atoms with Crippen LogP contribution in [0.25, 0.3) is 0 Å². The highest BCUT2D eigenvalue weighted by Crippen LogP contribution is 2.53. The van der Waals surface area contributed by atoms with Crippen molar-refractivity contribution < 1.29 is 9.59 Å². The van der Waals surface area contributed by atoms with E-state index in [2.05, 4.69) is 0 Å². The van der Waals surface area contributed by atoms with Crippen LogP contribution in [-0.2, 0) is 9.59 Å². The average molecular weight is 204 g/mol. The van der Waals surface area contributed by atoms with Gasteiger partial charge in [-0.05, 0) is 38.2 Å².